The van der Waals surface area contributed by atoms with Crippen LogP contribution in [0, 0.1) is 0 Å². The minimum Gasteiger partial charge on any atom is -0.312 e. The number of amides is 1. The molecule has 0 fully saturated rings. The quantitative estimate of drug-likeness (QED) is 0.791. The summed E-state index contributed by atoms with van der Waals surface area (Å²) < 4.78 is 27.8. The lowest BCUT2D eigenvalue weighted by molar-refractivity contribution is -0.118. The van der Waals surface area contributed by atoms with Crippen LogP contribution in [0.2, 0.25) is 0 Å². The average molecular weight is 362 g/mol. The SMILES string of the molecule is CCC(=O)N1CCc2cc(S(=O)(=O)NCCC3=CCCCC3)ccc21. The average Bonchev–Trinajstić information content (AvgIpc) is 3.05. The second-order valence-electron chi connectivity index (χ2n) is 6.70. The van der Waals surface area contributed by atoms with Gasteiger partial charge in [-0.2, -0.15) is 0 Å². The van der Waals surface area contributed by atoms with Gasteiger partial charge in [0.15, 0.2) is 0 Å². The Labute approximate surface area is 150 Å². The molecule has 0 saturated carbocycles. The van der Waals surface area contributed by atoms with Gasteiger partial charge < -0.3 is 4.90 Å². The van der Waals surface area contributed by atoms with Crippen molar-refractivity contribution in [2.75, 3.05) is 18.0 Å². The van der Waals surface area contributed by atoms with Crippen LogP contribution in [-0.4, -0.2) is 27.4 Å². The lowest BCUT2D eigenvalue weighted by Gasteiger charge is -2.16. The highest BCUT2D eigenvalue weighted by Crippen LogP contribution is 2.30. The highest BCUT2D eigenvalue weighted by atomic mass is 32.2. The van der Waals surface area contributed by atoms with Crippen molar-refractivity contribution in [2.45, 2.75) is 56.8 Å². The molecule has 136 valence electrons. The standard InChI is InChI=1S/C19H26N2O3S/c1-2-19(22)21-13-11-16-14-17(8-9-18(16)21)25(23,24)20-12-10-15-6-4-3-5-7-15/h6,8-9,14,20H,2-5,7,10-13H2,1H3. The van der Waals surface area contributed by atoms with Crippen molar-refractivity contribution >= 4 is 21.6 Å². The van der Waals surface area contributed by atoms with Gasteiger partial charge in [0.25, 0.3) is 0 Å². The van der Waals surface area contributed by atoms with Crippen molar-refractivity contribution in [1.82, 2.24) is 4.72 Å². The third-order valence-corrected chi connectivity index (χ3v) is 6.44. The number of carbonyl (C=O) groups is 1. The number of carbonyl (C=O) groups excluding carboxylic acids is 1. The molecular weight excluding hydrogens is 336 g/mol. The predicted octanol–water partition coefficient (Wildman–Crippen LogP) is 3.15. The molecule has 6 heteroatoms. The molecule has 1 heterocycles. The first-order valence-corrected chi connectivity index (χ1v) is 10.6. The molecule has 1 aliphatic heterocycles. The van der Waals surface area contributed by atoms with Gasteiger partial charge >= 0.3 is 0 Å². The Morgan fingerprint density at radius 2 is 2.08 bits per heavy atom. The summed E-state index contributed by atoms with van der Waals surface area (Å²) in [5.74, 6) is 0.0771. The van der Waals surface area contributed by atoms with Gasteiger partial charge in [0, 0.05) is 25.2 Å². The maximum absolute atomic E-state index is 12.5. The summed E-state index contributed by atoms with van der Waals surface area (Å²) in [5, 5.41) is 0. The third kappa shape index (κ3) is 4.12. The molecule has 0 aromatic heterocycles. The van der Waals surface area contributed by atoms with E-state index in [0.717, 1.165) is 30.5 Å². The molecule has 1 aliphatic carbocycles. The fraction of sp³-hybridized carbons (Fsp3) is 0.526. The van der Waals surface area contributed by atoms with Crippen molar-refractivity contribution in [3.63, 3.8) is 0 Å². The summed E-state index contributed by atoms with van der Waals surface area (Å²) >= 11 is 0. The zero-order valence-electron chi connectivity index (χ0n) is 14.8. The van der Waals surface area contributed by atoms with E-state index in [0.29, 0.717) is 25.9 Å². The highest BCUT2D eigenvalue weighted by molar-refractivity contribution is 7.89. The van der Waals surface area contributed by atoms with E-state index in [1.807, 2.05) is 6.92 Å². The van der Waals surface area contributed by atoms with E-state index >= 15 is 0 Å². The van der Waals surface area contributed by atoms with Crippen LogP contribution >= 0.6 is 0 Å². The van der Waals surface area contributed by atoms with Crippen molar-refractivity contribution in [3.05, 3.63) is 35.4 Å². The lowest BCUT2D eigenvalue weighted by atomic mass is 9.97. The van der Waals surface area contributed by atoms with Gasteiger partial charge in [-0.15, -0.1) is 0 Å². The van der Waals surface area contributed by atoms with Crippen molar-refractivity contribution in [2.24, 2.45) is 0 Å². The normalized spacial score (nSPS) is 17.3. The largest absolute Gasteiger partial charge is 0.312 e. The van der Waals surface area contributed by atoms with E-state index in [1.165, 1.54) is 18.4 Å². The predicted molar refractivity (Wildman–Crippen MR) is 99.1 cm³/mol. The molecule has 0 saturated heterocycles. The number of hydrogen-bond donors (Lipinski definition) is 1. The number of nitrogens with one attached hydrogen (secondary N) is 1. The first-order valence-electron chi connectivity index (χ1n) is 9.12. The summed E-state index contributed by atoms with van der Waals surface area (Å²) in [5.41, 5.74) is 3.13. The van der Waals surface area contributed by atoms with Crippen molar-refractivity contribution < 1.29 is 13.2 Å². The summed E-state index contributed by atoms with van der Waals surface area (Å²) in [7, 11) is -3.51. The minimum atomic E-state index is -3.51. The highest BCUT2D eigenvalue weighted by Gasteiger charge is 2.25. The Balaban J connectivity index is 1.67. The van der Waals surface area contributed by atoms with E-state index in [4.69, 9.17) is 0 Å². The fourth-order valence-electron chi connectivity index (χ4n) is 3.56. The molecule has 1 aromatic rings. The number of nitrogens with zero attached hydrogens (tertiary/aromatic N) is 1. The number of rotatable bonds is 6. The number of allylic oxidation sites excluding steroid dienone is 1. The van der Waals surface area contributed by atoms with Crippen LogP contribution in [0.1, 0.15) is 51.0 Å². The Kier molecular flexibility index (Phi) is 5.59. The van der Waals surface area contributed by atoms with Crippen molar-refractivity contribution in [3.8, 4) is 0 Å². The Morgan fingerprint density at radius 1 is 1.24 bits per heavy atom. The molecule has 1 aromatic carbocycles. The summed E-state index contributed by atoms with van der Waals surface area (Å²) in [4.78, 5) is 14.0. The maximum Gasteiger partial charge on any atom is 0.240 e. The van der Waals surface area contributed by atoms with Gasteiger partial charge in [-0.25, -0.2) is 13.1 Å². The molecule has 2 aliphatic rings. The zero-order valence-corrected chi connectivity index (χ0v) is 15.6. The van der Waals surface area contributed by atoms with Crippen LogP contribution in [0.3, 0.4) is 0 Å². The molecule has 5 nitrogen and oxygen atoms in total. The van der Waals surface area contributed by atoms with Gasteiger partial charge in [-0.05, 0) is 62.3 Å². The smallest absolute Gasteiger partial charge is 0.240 e. The van der Waals surface area contributed by atoms with E-state index in [2.05, 4.69) is 10.8 Å². The van der Waals surface area contributed by atoms with Gasteiger partial charge in [-0.3, -0.25) is 4.79 Å². The summed E-state index contributed by atoms with van der Waals surface area (Å²) in [6, 6.07) is 5.07. The molecule has 3 rings (SSSR count). The van der Waals surface area contributed by atoms with Crippen molar-refractivity contribution in [1.29, 1.82) is 0 Å². The molecule has 0 spiro atoms. The fourth-order valence-corrected chi connectivity index (χ4v) is 4.64. The molecule has 0 radical (unpaired) electrons. The lowest BCUT2D eigenvalue weighted by Crippen LogP contribution is -2.28. The van der Waals surface area contributed by atoms with Gasteiger partial charge in [-0.1, -0.05) is 18.6 Å². The Morgan fingerprint density at radius 3 is 2.80 bits per heavy atom. The first kappa shape index (κ1) is 18.1. The van der Waals surface area contributed by atoms with E-state index < -0.39 is 10.0 Å². The third-order valence-electron chi connectivity index (χ3n) is 4.98. The first-order chi connectivity index (χ1) is 12.0. The van der Waals surface area contributed by atoms with Gasteiger partial charge in [0.2, 0.25) is 15.9 Å². The minimum absolute atomic E-state index is 0.0771. The number of fused-ring (bicyclic) bond motifs is 1. The van der Waals surface area contributed by atoms with Crippen LogP contribution in [-0.2, 0) is 21.2 Å². The van der Waals surface area contributed by atoms with E-state index in [9.17, 15) is 13.2 Å². The van der Waals surface area contributed by atoms with E-state index in [-0.39, 0.29) is 10.8 Å². The van der Waals surface area contributed by atoms with Gasteiger partial charge in [0.05, 0.1) is 4.90 Å². The topological polar surface area (TPSA) is 66.5 Å². The van der Waals surface area contributed by atoms with Crippen LogP contribution in [0.15, 0.2) is 34.7 Å². The molecular formula is C19H26N2O3S. The number of anilines is 1. The number of hydrogen-bond acceptors (Lipinski definition) is 3. The number of sulfonamides is 1. The maximum atomic E-state index is 12.5. The van der Waals surface area contributed by atoms with Gasteiger partial charge in [0.1, 0.15) is 0 Å². The summed E-state index contributed by atoms with van der Waals surface area (Å²) in [6.45, 7) is 2.91. The Hall–Kier alpha value is -1.66. The molecule has 0 unspecified atom stereocenters. The second-order valence-corrected chi connectivity index (χ2v) is 8.46. The molecule has 0 bridgehead atoms. The molecule has 1 N–H and O–H groups in total. The van der Waals surface area contributed by atoms with Crippen LogP contribution in [0.5, 0.6) is 0 Å². The monoisotopic (exact) mass is 362 g/mol. The Bertz CT molecular complexity index is 784. The second kappa shape index (κ2) is 7.70. The van der Waals surface area contributed by atoms with E-state index in [1.54, 1.807) is 23.1 Å². The zero-order chi connectivity index (χ0) is 17.9. The molecule has 1 amide bonds. The van der Waals surface area contributed by atoms with Crippen LogP contribution < -0.4 is 9.62 Å². The van der Waals surface area contributed by atoms with Crippen LogP contribution in [0.25, 0.3) is 0 Å². The summed E-state index contributed by atoms with van der Waals surface area (Å²) in [6.07, 6.45) is 8.82. The molecule has 0 atom stereocenters. The van der Waals surface area contributed by atoms with Crippen LogP contribution in [0.4, 0.5) is 5.69 Å². The molecule has 25 heavy (non-hydrogen) atoms. The number of benzene rings is 1.